The van der Waals surface area contributed by atoms with Crippen LogP contribution in [0.25, 0.3) is 0 Å². The molecule has 2 N–H and O–H groups in total. The van der Waals surface area contributed by atoms with Crippen molar-refractivity contribution in [1.29, 1.82) is 0 Å². The molecule has 31 heavy (non-hydrogen) atoms. The minimum absolute atomic E-state index is 0.0254. The van der Waals surface area contributed by atoms with Gasteiger partial charge in [-0.3, -0.25) is 4.79 Å². The molecule has 0 aromatic carbocycles. The Morgan fingerprint density at radius 1 is 1.06 bits per heavy atom. The van der Waals surface area contributed by atoms with Crippen LogP contribution in [0, 0.1) is 52.3 Å². The summed E-state index contributed by atoms with van der Waals surface area (Å²) in [5.41, 5.74) is 0.546. The Bertz CT molecular complexity index is 664. The summed E-state index contributed by atoms with van der Waals surface area (Å²) in [5.74, 6) is 3.40. The van der Waals surface area contributed by atoms with E-state index in [1.54, 1.807) is 0 Å². The van der Waals surface area contributed by atoms with Crippen molar-refractivity contribution < 1.29 is 19.7 Å². The molecule has 4 aliphatic rings. The van der Waals surface area contributed by atoms with E-state index in [1.807, 2.05) is 0 Å². The molecule has 4 rings (SSSR count). The summed E-state index contributed by atoms with van der Waals surface area (Å²) in [6.45, 7) is 11.4. The van der Waals surface area contributed by atoms with Gasteiger partial charge in [-0.05, 0) is 104 Å². The van der Waals surface area contributed by atoms with Gasteiger partial charge in [0.25, 0.3) is 0 Å². The number of fused-ring (bicyclic) bond motifs is 5. The topological polar surface area (TPSA) is 66.8 Å². The van der Waals surface area contributed by atoms with Gasteiger partial charge in [-0.2, -0.15) is 0 Å². The lowest BCUT2D eigenvalue weighted by molar-refractivity contribution is -0.207. The van der Waals surface area contributed by atoms with E-state index in [0.717, 1.165) is 32.1 Å². The molecule has 0 spiro atoms. The van der Waals surface area contributed by atoms with Crippen molar-refractivity contribution in [2.75, 3.05) is 6.61 Å². The summed E-state index contributed by atoms with van der Waals surface area (Å²) in [5, 5.41) is 21.4. The number of hydrogen-bond donors (Lipinski definition) is 2. The minimum Gasteiger partial charge on any atom is -0.463 e. The molecule has 0 amide bonds. The summed E-state index contributed by atoms with van der Waals surface area (Å²) in [6, 6.07) is 0. The number of ether oxygens (including phenoxy) is 1. The van der Waals surface area contributed by atoms with Gasteiger partial charge in [0, 0.05) is 13.5 Å². The van der Waals surface area contributed by atoms with Gasteiger partial charge in [-0.15, -0.1) is 0 Å². The molecule has 11 unspecified atom stereocenters. The summed E-state index contributed by atoms with van der Waals surface area (Å²) >= 11 is 0. The van der Waals surface area contributed by atoms with Crippen LogP contribution < -0.4 is 0 Å². The van der Waals surface area contributed by atoms with E-state index in [4.69, 9.17) is 4.74 Å². The molecule has 0 aromatic heterocycles. The predicted molar refractivity (Wildman–Crippen MR) is 122 cm³/mol. The highest BCUT2D eigenvalue weighted by Gasteiger charge is 2.65. The van der Waals surface area contributed by atoms with Crippen LogP contribution in [-0.2, 0) is 9.53 Å². The standard InChI is InChI=1S/C27H46O4/c1-6-19-23-15-18(31-17(3)29)9-12-27(23,5)22-10-13-26(4)20(16(2)11-14-28)7-8-21(26)24(22)25(19)30/h16,18-25,28,30H,6-15H2,1-5H3. The molecule has 4 fully saturated rings. The maximum Gasteiger partial charge on any atom is 0.302 e. The Morgan fingerprint density at radius 3 is 2.39 bits per heavy atom. The van der Waals surface area contributed by atoms with Crippen molar-refractivity contribution >= 4 is 5.97 Å². The smallest absolute Gasteiger partial charge is 0.302 e. The van der Waals surface area contributed by atoms with Crippen LogP contribution in [-0.4, -0.2) is 35.0 Å². The minimum atomic E-state index is -0.235. The number of carbonyl (C=O) groups excluding carboxylic acids is 1. The quantitative estimate of drug-likeness (QED) is 0.584. The third-order valence-corrected chi connectivity index (χ3v) is 11.0. The molecule has 4 heteroatoms. The number of aliphatic hydroxyl groups excluding tert-OH is 2. The second kappa shape index (κ2) is 8.63. The molecular formula is C27H46O4. The van der Waals surface area contributed by atoms with Crippen molar-refractivity contribution in [3.63, 3.8) is 0 Å². The predicted octanol–water partition coefficient (Wildman–Crippen LogP) is 5.20. The Balaban J connectivity index is 1.62. The first-order chi connectivity index (χ1) is 14.7. The maximum atomic E-state index is 11.8. The first-order valence-electron chi connectivity index (χ1n) is 13.1. The van der Waals surface area contributed by atoms with Gasteiger partial charge in [-0.25, -0.2) is 0 Å². The van der Waals surface area contributed by atoms with Crippen LogP contribution in [0.5, 0.6) is 0 Å². The van der Waals surface area contributed by atoms with E-state index in [0.29, 0.717) is 46.8 Å². The van der Waals surface area contributed by atoms with Gasteiger partial charge in [0.05, 0.1) is 6.10 Å². The molecule has 0 bridgehead atoms. The zero-order valence-electron chi connectivity index (χ0n) is 20.5. The van der Waals surface area contributed by atoms with Crippen molar-refractivity contribution in [2.24, 2.45) is 52.3 Å². The van der Waals surface area contributed by atoms with Gasteiger partial charge in [-0.1, -0.05) is 34.1 Å². The molecule has 4 saturated carbocycles. The number of esters is 1. The highest BCUT2D eigenvalue weighted by molar-refractivity contribution is 5.66. The molecule has 0 heterocycles. The van der Waals surface area contributed by atoms with Crippen LogP contribution in [0.1, 0.15) is 92.4 Å². The largest absolute Gasteiger partial charge is 0.463 e. The van der Waals surface area contributed by atoms with E-state index >= 15 is 0 Å². The van der Waals surface area contributed by atoms with Gasteiger partial charge in [0.2, 0.25) is 0 Å². The maximum absolute atomic E-state index is 11.8. The third kappa shape index (κ3) is 3.68. The molecule has 0 saturated heterocycles. The molecule has 0 aromatic rings. The first-order valence-corrected chi connectivity index (χ1v) is 13.1. The molecule has 178 valence electrons. The summed E-state index contributed by atoms with van der Waals surface area (Å²) in [4.78, 5) is 11.6. The Labute approximate surface area is 189 Å². The number of rotatable bonds is 5. The molecule has 0 aliphatic heterocycles. The molecule has 4 aliphatic carbocycles. The molecule has 4 nitrogen and oxygen atoms in total. The van der Waals surface area contributed by atoms with Crippen LogP contribution >= 0.6 is 0 Å². The monoisotopic (exact) mass is 434 g/mol. The zero-order valence-corrected chi connectivity index (χ0v) is 20.5. The molecule has 0 radical (unpaired) electrons. The van der Waals surface area contributed by atoms with Gasteiger partial charge in [0.15, 0.2) is 0 Å². The normalized spacial score (nSPS) is 50.2. The fraction of sp³-hybridized carbons (Fsp3) is 0.963. The second-order valence-electron chi connectivity index (χ2n) is 12.2. The summed E-state index contributed by atoms with van der Waals surface area (Å²) < 4.78 is 5.66. The van der Waals surface area contributed by atoms with Crippen molar-refractivity contribution in [1.82, 2.24) is 0 Å². The molecule has 11 atom stereocenters. The Kier molecular flexibility index (Phi) is 6.55. The fourth-order valence-electron chi connectivity index (χ4n) is 9.66. The molecular weight excluding hydrogens is 388 g/mol. The van der Waals surface area contributed by atoms with E-state index in [9.17, 15) is 15.0 Å². The lowest BCUT2D eigenvalue weighted by Gasteiger charge is -2.64. The van der Waals surface area contributed by atoms with Crippen molar-refractivity contribution in [3.8, 4) is 0 Å². The second-order valence-corrected chi connectivity index (χ2v) is 12.2. The summed E-state index contributed by atoms with van der Waals surface area (Å²) in [6.07, 6.45) is 9.69. The van der Waals surface area contributed by atoms with Gasteiger partial charge < -0.3 is 14.9 Å². The van der Waals surface area contributed by atoms with Crippen molar-refractivity contribution in [2.45, 2.75) is 105 Å². The number of carbonyl (C=O) groups is 1. The van der Waals surface area contributed by atoms with E-state index < -0.39 is 0 Å². The van der Waals surface area contributed by atoms with Crippen LogP contribution in [0.2, 0.25) is 0 Å². The summed E-state index contributed by atoms with van der Waals surface area (Å²) in [7, 11) is 0. The Hall–Kier alpha value is -0.610. The Morgan fingerprint density at radius 2 is 1.74 bits per heavy atom. The average Bonchev–Trinajstić information content (AvgIpc) is 3.06. The highest BCUT2D eigenvalue weighted by Crippen LogP contribution is 2.69. The SMILES string of the molecule is CCC1C(O)C2C3CCC(C(C)CCO)C3(C)CCC2C2(C)CCC(OC(C)=O)CC12. The van der Waals surface area contributed by atoms with Crippen LogP contribution in [0.4, 0.5) is 0 Å². The van der Waals surface area contributed by atoms with E-state index in [2.05, 4.69) is 27.7 Å². The lowest BCUT2D eigenvalue weighted by atomic mass is 9.41. The van der Waals surface area contributed by atoms with E-state index in [1.165, 1.54) is 32.6 Å². The average molecular weight is 435 g/mol. The van der Waals surface area contributed by atoms with Gasteiger partial charge >= 0.3 is 5.97 Å². The third-order valence-electron chi connectivity index (χ3n) is 11.0. The lowest BCUT2D eigenvalue weighted by Crippen LogP contribution is -2.62. The number of aliphatic hydroxyl groups is 2. The number of hydrogen-bond acceptors (Lipinski definition) is 4. The first kappa shape index (κ1) is 23.5. The van der Waals surface area contributed by atoms with Crippen molar-refractivity contribution in [3.05, 3.63) is 0 Å². The van der Waals surface area contributed by atoms with Crippen LogP contribution in [0.15, 0.2) is 0 Å². The van der Waals surface area contributed by atoms with Crippen LogP contribution in [0.3, 0.4) is 0 Å². The fourth-order valence-corrected chi connectivity index (χ4v) is 9.66. The highest BCUT2D eigenvalue weighted by atomic mass is 16.5. The van der Waals surface area contributed by atoms with E-state index in [-0.39, 0.29) is 30.2 Å². The zero-order chi connectivity index (χ0) is 22.6. The van der Waals surface area contributed by atoms with Gasteiger partial charge in [0.1, 0.15) is 6.10 Å².